The highest BCUT2D eigenvalue weighted by Crippen LogP contribution is 2.35. The number of nitrogens with zero attached hydrogens (tertiary/aromatic N) is 1. The molecule has 2 N–H and O–H groups in total. The number of fused-ring (bicyclic) bond motifs is 1. The molecule has 3 nitrogen and oxygen atoms in total. The number of carbonyl (C=O) groups excluding carboxylic acids is 1. The second-order valence-electron chi connectivity index (χ2n) is 4.36. The van der Waals surface area contributed by atoms with Crippen LogP contribution < -0.4 is 10.6 Å². The second kappa shape index (κ2) is 4.97. The van der Waals surface area contributed by atoms with E-state index in [0.29, 0.717) is 11.3 Å². The van der Waals surface area contributed by atoms with Crippen LogP contribution in [0.1, 0.15) is 10.4 Å². The van der Waals surface area contributed by atoms with Crippen LogP contribution >= 0.6 is 11.8 Å². The van der Waals surface area contributed by atoms with Crippen LogP contribution in [0.5, 0.6) is 0 Å². The van der Waals surface area contributed by atoms with Crippen molar-refractivity contribution in [3.05, 3.63) is 54.1 Å². The van der Waals surface area contributed by atoms with Crippen LogP contribution in [0.2, 0.25) is 0 Å². The molecule has 0 atom stereocenters. The summed E-state index contributed by atoms with van der Waals surface area (Å²) in [4.78, 5) is 15.6. The number of hydrogen-bond acceptors (Lipinski definition) is 3. The van der Waals surface area contributed by atoms with Crippen molar-refractivity contribution in [2.75, 3.05) is 22.9 Å². The van der Waals surface area contributed by atoms with Crippen molar-refractivity contribution in [3.8, 4) is 0 Å². The maximum Gasteiger partial charge on any atom is 0.260 e. The van der Waals surface area contributed by atoms with Crippen LogP contribution in [0.25, 0.3) is 0 Å². The molecule has 1 heterocycles. The maximum absolute atomic E-state index is 12.6. The van der Waals surface area contributed by atoms with E-state index in [1.54, 1.807) is 23.9 Å². The van der Waals surface area contributed by atoms with Crippen molar-refractivity contribution in [1.29, 1.82) is 0 Å². The quantitative estimate of drug-likeness (QED) is 0.810. The largest absolute Gasteiger partial charge is 0.398 e. The number of amides is 1. The summed E-state index contributed by atoms with van der Waals surface area (Å²) in [5.74, 6) is 0.890. The summed E-state index contributed by atoms with van der Waals surface area (Å²) in [5.41, 5.74) is 7.98. The van der Waals surface area contributed by atoms with Gasteiger partial charge in [-0.05, 0) is 24.3 Å². The maximum atomic E-state index is 12.6. The fraction of sp³-hybridized carbons (Fsp3) is 0.133. The molecule has 2 aromatic carbocycles. The third kappa shape index (κ3) is 2.19. The molecule has 4 heteroatoms. The van der Waals surface area contributed by atoms with E-state index in [9.17, 15) is 4.79 Å². The molecule has 0 fully saturated rings. The number of nitrogens with two attached hydrogens (primary N) is 1. The van der Waals surface area contributed by atoms with E-state index in [1.807, 2.05) is 41.3 Å². The fourth-order valence-corrected chi connectivity index (χ4v) is 3.21. The molecule has 0 saturated carbocycles. The Morgan fingerprint density at radius 3 is 2.68 bits per heavy atom. The van der Waals surface area contributed by atoms with Gasteiger partial charge in [-0.1, -0.05) is 24.3 Å². The Hall–Kier alpha value is -1.94. The summed E-state index contributed by atoms with van der Waals surface area (Å²) in [5, 5.41) is 0. The van der Waals surface area contributed by atoms with E-state index in [0.717, 1.165) is 22.9 Å². The van der Waals surface area contributed by atoms with Crippen LogP contribution in [0.3, 0.4) is 0 Å². The highest BCUT2D eigenvalue weighted by Gasteiger charge is 2.24. The van der Waals surface area contributed by atoms with Crippen LogP contribution in [0.4, 0.5) is 11.4 Å². The molecule has 1 amide bonds. The number of anilines is 2. The van der Waals surface area contributed by atoms with Gasteiger partial charge in [-0.2, -0.15) is 0 Å². The molecule has 0 saturated heterocycles. The zero-order valence-corrected chi connectivity index (χ0v) is 11.2. The predicted octanol–water partition coefficient (Wildman–Crippen LogP) is 3.02. The van der Waals surface area contributed by atoms with Crippen LogP contribution in [0.15, 0.2) is 53.4 Å². The van der Waals surface area contributed by atoms with Crippen LogP contribution in [0, 0.1) is 0 Å². The lowest BCUT2D eigenvalue weighted by atomic mass is 10.1. The second-order valence-corrected chi connectivity index (χ2v) is 5.50. The molecule has 1 aliphatic rings. The number of benzene rings is 2. The van der Waals surface area contributed by atoms with Gasteiger partial charge in [0.15, 0.2) is 0 Å². The van der Waals surface area contributed by atoms with Crippen LogP contribution in [-0.2, 0) is 0 Å². The minimum absolute atomic E-state index is 0.0224. The summed E-state index contributed by atoms with van der Waals surface area (Å²) in [7, 11) is 0. The SMILES string of the molecule is Nc1ccccc1C(=O)N1CCSc2ccccc21. The minimum Gasteiger partial charge on any atom is -0.398 e. The standard InChI is InChI=1S/C15H14N2OS/c16-12-6-2-1-5-11(12)15(18)17-9-10-19-14-8-4-3-7-13(14)17/h1-8H,9-10,16H2. The number of para-hydroxylation sites is 2. The van der Waals surface area contributed by atoms with Crippen molar-refractivity contribution in [2.45, 2.75) is 4.90 Å². The average molecular weight is 270 g/mol. The molecule has 1 aliphatic heterocycles. The smallest absolute Gasteiger partial charge is 0.260 e. The van der Waals surface area contributed by atoms with Gasteiger partial charge in [0.25, 0.3) is 5.91 Å². The van der Waals surface area contributed by atoms with Gasteiger partial charge in [0.2, 0.25) is 0 Å². The number of hydrogen-bond donors (Lipinski definition) is 1. The number of rotatable bonds is 1. The lowest BCUT2D eigenvalue weighted by Gasteiger charge is -2.29. The van der Waals surface area contributed by atoms with E-state index in [2.05, 4.69) is 0 Å². The summed E-state index contributed by atoms with van der Waals surface area (Å²) in [6.45, 7) is 0.717. The Kier molecular flexibility index (Phi) is 3.17. The molecular formula is C15H14N2OS. The molecule has 0 radical (unpaired) electrons. The van der Waals surface area contributed by atoms with Crippen molar-refractivity contribution < 1.29 is 4.79 Å². The first kappa shape index (κ1) is 12.1. The van der Waals surface area contributed by atoms with Crippen LogP contribution in [-0.4, -0.2) is 18.2 Å². The Balaban J connectivity index is 2.00. The Labute approximate surface area is 116 Å². The molecule has 2 aromatic rings. The van der Waals surface area contributed by atoms with Gasteiger partial charge in [0.05, 0.1) is 11.3 Å². The lowest BCUT2D eigenvalue weighted by Crippen LogP contribution is -2.35. The van der Waals surface area contributed by atoms with Gasteiger partial charge in [0, 0.05) is 22.9 Å². The van der Waals surface area contributed by atoms with E-state index in [-0.39, 0.29) is 5.91 Å². The summed E-state index contributed by atoms with van der Waals surface area (Å²) < 4.78 is 0. The Bertz CT molecular complexity index is 627. The first-order valence-electron chi connectivity index (χ1n) is 6.15. The fourth-order valence-electron chi connectivity index (χ4n) is 2.22. The summed E-state index contributed by atoms with van der Waals surface area (Å²) >= 11 is 1.78. The third-order valence-corrected chi connectivity index (χ3v) is 4.21. The van der Waals surface area contributed by atoms with E-state index >= 15 is 0 Å². The zero-order valence-electron chi connectivity index (χ0n) is 10.4. The topological polar surface area (TPSA) is 46.3 Å². The molecular weight excluding hydrogens is 256 g/mol. The van der Waals surface area contributed by atoms with Crippen molar-refractivity contribution >= 4 is 29.0 Å². The van der Waals surface area contributed by atoms with E-state index in [1.165, 1.54) is 0 Å². The normalized spacial score (nSPS) is 14.0. The van der Waals surface area contributed by atoms with E-state index < -0.39 is 0 Å². The first-order valence-corrected chi connectivity index (χ1v) is 7.14. The lowest BCUT2D eigenvalue weighted by molar-refractivity contribution is 0.0988. The molecule has 3 rings (SSSR count). The van der Waals surface area contributed by atoms with Gasteiger partial charge in [-0.25, -0.2) is 0 Å². The number of nitrogen functional groups attached to an aromatic ring is 1. The number of thioether (sulfide) groups is 1. The molecule has 0 aromatic heterocycles. The average Bonchev–Trinajstić information content (AvgIpc) is 2.46. The monoisotopic (exact) mass is 270 g/mol. The molecule has 19 heavy (non-hydrogen) atoms. The first-order chi connectivity index (χ1) is 9.27. The van der Waals surface area contributed by atoms with Gasteiger partial charge in [0.1, 0.15) is 0 Å². The van der Waals surface area contributed by atoms with Gasteiger partial charge in [-0.3, -0.25) is 4.79 Å². The molecule has 0 bridgehead atoms. The Morgan fingerprint density at radius 1 is 1.11 bits per heavy atom. The molecule has 0 spiro atoms. The third-order valence-electron chi connectivity index (χ3n) is 3.16. The Morgan fingerprint density at radius 2 is 1.84 bits per heavy atom. The molecule has 0 unspecified atom stereocenters. The van der Waals surface area contributed by atoms with E-state index in [4.69, 9.17) is 5.73 Å². The van der Waals surface area contributed by atoms with Crippen molar-refractivity contribution in [2.24, 2.45) is 0 Å². The highest BCUT2D eigenvalue weighted by molar-refractivity contribution is 7.99. The summed E-state index contributed by atoms with van der Waals surface area (Å²) in [6.07, 6.45) is 0. The van der Waals surface area contributed by atoms with Crippen molar-refractivity contribution in [1.82, 2.24) is 0 Å². The molecule has 96 valence electrons. The van der Waals surface area contributed by atoms with Gasteiger partial charge < -0.3 is 10.6 Å². The number of carbonyl (C=O) groups is 1. The zero-order chi connectivity index (χ0) is 13.2. The molecule has 0 aliphatic carbocycles. The van der Waals surface area contributed by atoms with Gasteiger partial charge >= 0.3 is 0 Å². The van der Waals surface area contributed by atoms with Crippen molar-refractivity contribution in [3.63, 3.8) is 0 Å². The minimum atomic E-state index is -0.0224. The summed E-state index contributed by atoms with van der Waals surface area (Å²) in [6, 6.07) is 15.2. The highest BCUT2D eigenvalue weighted by atomic mass is 32.2. The predicted molar refractivity (Wildman–Crippen MR) is 79.7 cm³/mol. The van der Waals surface area contributed by atoms with Gasteiger partial charge in [-0.15, -0.1) is 11.8 Å².